The Kier molecular flexibility index (Phi) is 6.37. The van der Waals surface area contributed by atoms with Crippen molar-refractivity contribution in [3.05, 3.63) is 66.5 Å². The summed E-state index contributed by atoms with van der Waals surface area (Å²) in [7, 11) is 1.78. The maximum absolute atomic E-state index is 13.1. The summed E-state index contributed by atoms with van der Waals surface area (Å²) in [6.07, 6.45) is 5.93. The number of amides is 2. The number of hydrogen-bond acceptors (Lipinski definition) is 5. The van der Waals surface area contributed by atoms with Crippen LogP contribution in [0.2, 0.25) is 0 Å². The number of carbonyl (C=O) groups excluding carboxylic acids is 2. The highest BCUT2D eigenvalue weighted by Crippen LogP contribution is 2.21. The molecule has 0 bridgehead atoms. The minimum atomic E-state index is -0.563. The van der Waals surface area contributed by atoms with E-state index in [0.29, 0.717) is 12.2 Å². The van der Waals surface area contributed by atoms with E-state index in [0.717, 1.165) is 29.7 Å². The molecule has 2 heterocycles. The van der Waals surface area contributed by atoms with Gasteiger partial charge < -0.3 is 10.6 Å². The van der Waals surface area contributed by atoms with Crippen molar-refractivity contribution in [2.75, 3.05) is 11.9 Å². The quantitative estimate of drug-likeness (QED) is 0.493. The summed E-state index contributed by atoms with van der Waals surface area (Å²) in [4.78, 5) is 29.2. The van der Waals surface area contributed by atoms with Gasteiger partial charge in [0.25, 0.3) is 0 Å². The first-order valence-electron chi connectivity index (χ1n) is 10.4. The first-order valence-corrected chi connectivity index (χ1v) is 10.4. The predicted octanol–water partition coefficient (Wildman–Crippen LogP) is 1.90. The largest absolute Gasteiger partial charge is 0.352 e. The third-order valence-corrected chi connectivity index (χ3v) is 5.16. The molecule has 0 spiro atoms. The van der Waals surface area contributed by atoms with E-state index in [1.807, 2.05) is 48.5 Å². The van der Waals surface area contributed by atoms with E-state index in [1.165, 1.54) is 0 Å². The van der Waals surface area contributed by atoms with Crippen LogP contribution in [-0.4, -0.2) is 45.2 Å². The Bertz CT molecular complexity index is 1030. The summed E-state index contributed by atoms with van der Waals surface area (Å²) in [5, 5.41) is 13.5. The standard InChI is InChI=1S/C23H26N6O2/c1-29-21(14-19(28-29)17-9-11-24-12-10-17)27-23(31)20(13-16-5-3-2-4-6-16)25-15-22(30)26-18-7-8-18/h2-6,9-12,14,18,20,25H,7-8,13,15H2,1H3,(H,26,30)(H,27,31). The van der Waals surface area contributed by atoms with Crippen molar-refractivity contribution in [1.29, 1.82) is 0 Å². The van der Waals surface area contributed by atoms with Gasteiger partial charge in [-0.15, -0.1) is 0 Å². The monoisotopic (exact) mass is 418 g/mol. The SMILES string of the molecule is Cn1nc(-c2ccncc2)cc1NC(=O)C(Cc1ccccc1)NCC(=O)NC1CC1. The maximum atomic E-state index is 13.1. The zero-order valence-corrected chi connectivity index (χ0v) is 17.4. The van der Waals surface area contributed by atoms with E-state index in [4.69, 9.17) is 0 Å². The number of benzene rings is 1. The minimum absolute atomic E-state index is 0.0890. The van der Waals surface area contributed by atoms with Crippen LogP contribution in [0.15, 0.2) is 60.9 Å². The van der Waals surface area contributed by atoms with Crippen molar-refractivity contribution < 1.29 is 9.59 Å². The smallest absolute Gasteiger partial charge is 0.243 e. The number of aromatic nitrogens is 3. The zero-order chi connectivity index (χ0) is 21.6. The van der Waals surface area contributed by atoms with Crippen molar-refractivity contribution in [2.24, 2.45) is 7.05 Å². The molecule has 3 aromatic rings. The summed E-state index contributed by atoms with van der Waals surface area (Å²) in [6.45, 7) is 0.0923. The fourth-order valence-electron chi connectivity index (χ4n) is 3.29. The topological polar surface area (TPSA) is 101 Å². The Balaban J connectivity index is 1.45. The molecule has 1 aliphatic rings. The van der Waals surface area contributed by atoms with Gasteiger partial charge in [-0.05, 0) is 37.0 Å². The molecule has 8 nitrogen and oxygen atoms in total. The molecule has 0 aliphatic heterocycles. The summed E-state index contributed by atoms with van der Waals surface area (Å²) >= 11 is 0. The molecular formula is C23H26N6O2. The number of carbonyl (C=O) groups is 2. The van der Waals surface area contributed by atoms with Gasteiger partial charge in [0.1, 0.15) is 5.82 Å². The lowest BCUT2D eigenvalue weighted by atomic mass is 10.1. The van der Waals surface area contributed by atoms with Crippen LogP contribution < -0.4 is 16.0 Å². The van der Waals surface area contributed by atoms with Crippen molar-refractivity contribution in [2.45, 2.75) is 31.3 Å². The minimum Gasteiger partial charge on any atom is -0.352 e. The van der Waals surface area contributed by atoms with E-state index in [-0.39, 0.29) is 24.4 Å². The molecule has 8 heteroatoms. The highest BCUT2D eigenvalue weighted by molar-refractivity contribution is 5.95. The van der Waals surface area contributed by atoms with Gasteiger partial charge in [0.05, 0.1) is 18.3 Å². The average molecular weight is 419 g/mol. The number of aryl methyl sites for hydroxylation is 1. The molecule has 160 valence electrons. The number of pyridine rings is 1. The summed E-state index contributed by atoms with van der Waals surface area (Å²) in [6, 6.07) is 15.0. The van der Waals surface area contributed by atoms with Crippen LogP contribution in [0.25, 0.3) is 11.3 Å². The number of hydrogen-bond donors (Lipinski definition) is 3. The number of anilines is 1. The molecule has 1 aromatic carbocycles. The van der Waals surface area contributed by atoms with Gasteiger partial charge in [-0.1, -0.05) is 30.3 Å². The lowest BCUT2D eigenvalue weighted by Gasteiger charge is -2.18. The molecule has 2 aromatic heterocycles. The fraction of sp³-hybridized carbons (Fsp3) is 0.304. The second-order valence-electron chi connectivity index (χ2n) is 7.73. The maximum Gasteiger partial charge on any atom is 0.243 e. The highest BCUT2D eigenvalue weighted by Gasteiger charge is 2.25. The van der Waals surface area contributed by atoms with Crippen LogP contribution in [0.5, 0.6) is 0 Å². The van der Waals surface area contributed by atoms with Gasteiger partial charge in [-0.3, -0.25) is 24.6 Å². The van der Waals surface area contributed by atoms with Gasteiger partial charge in [0.2, 0.25) is 11.8 Å². The number of rotatable bonds is 9. The van der Waals surface area contributed by atoms with Crippen LogP contribution in [-0.2, 0) is 23.1 Å². The van der Waals surface area contributed by atoms with Gasteiger partial charge in [-0.25, -0.2) is 0 Å². The average Bonchev–Trinajstić information content (AvgIpc) is 3.53. The van der Waals surface area contributed by atoms with Crippen molar-refractivity contribution in [1.82, 2.24) is 25.4 Å². The van der Waals surface area contributed by atoms with Crippen LogP contribution in [0, 0.1) is 0 Å². The first kappa shape index (κ1) is 20.7. The van der Waals surface area contributed by atoms with E-state index in [1.54, 1.807) is 24.1 Å². The molecule has 4 rings (SSSR count). The van der Waals surface area contributed by atoms with Crippen molar-refractivity contribution in [3.8, 4) is 11.3 Å². The Labute approximate surface area is 181 Å². The summed E-state index contributed by atoms with van der Waals surface area (Å²) in [5.74, 6) is 0.278. The van der Waals surface area contributed by atoms with Crippen molar-refractivity contribution >= 4 is 17.6 Å². The molecule has 3 N–H and O–H groups in total. The Hall–Kier alpha value is -3.52. The molecule has 1 fully saturated rings. The van der Waals surface area contributed by atoms with Crippen LogP contribution >= 0.6 is 0 Å². The van der Waals surface area contributed by atoms with E-state index in [9.17, 15) is 9.59 Å². The zero-order valence-electron chi connectivity index (χ0n) is 17.4. The Morgan fingerprint density at radius 2 is 1.87 bits per heavy atom. The predicted molar refractivity (Wildman–Crippen MR) is 118 cm³/mol. The Morgan fingerprint density at radius 3 is 2.58 bits per heavy atom. The highest BCUT2D eigenvalue weighted by atomic mass is 16.2. The molecule has 1 aliphatic carbocycles. The second kappa shape index (κ2) is 9.53. The van der Waals surface area contributed by atoms with Gasteiger partial charge in [-0.2, -0.15) is 5.10 Å². The molecule has 31 heavy (non-hydrogen) atoms. The first-order chi connectivity index (χ1) is 15.1. The summed E-state index contributed by atoms with van der Waals surface area (Å²) in [5.41, 5.74) is 2.68. The van der Waals surface area contributed by atoms with Gasteiger partial charge in [0, 0.05) is 37.1 Å². The van der Waals surface area contributed by atoms with Crippen LogP contribution in [0.1, 0.15) is 18.4 Å². The van der Waals surface area contributed by atoms with E-state index >= 15 is 0 Å². The van der Waals surface area contributed by atoms with E-state index < -0.39 is 6.04 Å². The normalized spacial score (nSPS) is 14.1. The Morgan fingerprint density at radius 1 is 1.13 bits per heavy atom. The second-order valence-corrected chi connectivity index (χ2v) is 7.73. The third-order valence-electron chi connectivity index (χ3n) is 5.16. The van der Waals surface area contributed by atoms with Gasteiger partial charge >= 0.3 is 0 Å². The molecule has 1 unspecified atom stereocenters. The summed E-state index contributed by atoms with van der Waals surface area (Å²) < 4.78 is 1.63. The molecule has 1 saturated carbocycles. The molecular weight excluding hydrogens is 392 g/mol. The lowest BCUT2D eigenvalue weighted by Crippen LogP contribution is -2.47. The van der Waals surface area contributed by atoms with Crippen molar-refractivity contribution in [3.63, 3.8) is 0 Å². The van der Waals surface area contributed by atoms with Crippen LogP contribution in [0.3, 0.4) is 0 Å². The molecule has 2 amide bonds. The lowest BCUT2D eigenvalue weighted by molar-refractivity contribution is -0.121. The third kappa shape index (κ3) is 5.76. The fourth-order valence-corrected chi connectivity index (χ4v) is 3.29. The molecule has 0 saturated heterocycles. The van der Waals surface area contributed by atoms with E-state index in [2.05, 4.69) is 26.0 Å². The number of nitrogens with zero attached hydrogens (tertiary/aromatic N) is 3. The van der Waals surface area contributed by atoms with Gasteiger partial charge in [0.15, 0.2) is 0 Å². The molecule has 1 atom stereocenters. The molecule has 0 radical (unpaired) electrons. The number of nitrogens with one attached hydrogen (secondary N) is 3. The van der Waals surface area contributed by atoms with Crippen LogP contribution in [0.4, 0.5) is 5.82 Å².